The van der Waals surface area contributed by atoms with E-state index in [4.69, 9.17) is 4.55 Å². The summed E-state index contributed by atoms with van der Waals surface area (Å²) in [5.41, 5.74) is 1.28. The molecule has 0 radical (unpaired) electrons. The maximum atomic E-state index is 11.7. The van der Waals surface area contributed by atoms with Crippen molar-refractivity contribution in [2.45, 2.75) is 13.0 Å². The zero-order valence-corrected chi connectivity index (χ0v) is 10.9. The molecule has 0 spiro atoms. The molecule has 7 heteroatoms. The minimum atomic E-state index is -1.25. The lowest BCUT2D eigenvalue weighted by Crippen LogP contribution is -2.21. The lowest BCUT2D eigenvalue weighted by Gasteiger charge is -2.11. The Labute approximate surface area is 107 Å². The average molecular weight is 266 g/mol. The number of amides is 1. The molecule has 1 aromatic heterocycles. The lowest BCUT2D eigenvalue weighted by atomic mass is 10.1. The van der Waals surface area contributed by atoms with Crippen LogP contribution in [0.2, 0.25) is 0 Å². The number of nitrogens with zero attached hydrogens (tertiary/aromatic N) is 3. The van der Waals surface area contributed by atoms with Crippen LogP contribution < -0.4 is 5.32 Å². The van der Waals surface area contributed by atoms with Gasteiger partial charge in [-0.2, -0.15) is 4.36 Å². The van der Waals surface area contributed by atoms with Gasteiger partial charge in [-0.1, -0.05) is 0 Å². The number of aromatic nitrogens is 1. The lowest BCUT2D eigenvalue weighted by molar-refractivity contribution is 0.100. The smallest absolute Gasteiger partial charge is 0.286 e. The van der Waals surface area contributed by atoms with Crippen LogP contribution in [0.25, 0.3) is 0 Å². The fourth-order valence-electron chi connectivity index (χ4n) is 1.70. The molecule has 0 fully saturated rings. The fourth-order valence-corrected chi connectivity index (χ4v) is 2.04. The van der Waals surface area contributed by atoms with Crippen LogP contribution in [0.4, 0.5) is 0 Å². The number of hydrogen-bond acceptors (Lipinski definition) is 4. The average Bonchev–Trinajstić information content (AvgIpc) is 2.75. The third-order valence-electron chi connectivity index (χ3n) is 2.52. The molecule has 0 aromatic carbocycles. The molecule has 0 saturated carbocycles. The highest BCUT2D eigenvalue weighted by Gasteiger charge is 2.18. The van der Waals surface area contributed by atoms with Crippen LogP contribution in [0.15, 0.2) is 27.8 Å². The molecule has 1 aliphatic rings. The number of carbonyl (C=O) groups is 1. The normalized spacial score (nSPS) is 20.4. The summed E-state index contributed by atoms with van der Waals surface area (Å²) in [7, 11) is -1.25. The van der Waals surface area contributed by atoms with Crippen molar-refractivity contribution in [3.05, 3.63) is 29.6 Å². The highest BCUT2D eigenvalue weighted by atomic mass is 32.2. The molecule has 1 aromatic rings. The number of hydrogen-bond donors (Lipinski definition) is 2. The van der Waals surface area contributed by atoms with E-state index in [-0.39, 0.29) is 6.04 Å². The van der Waals surface area contributed by atoms with Gasteiger partial charge in [0, 0.05) is 29.6 Å². The number of carbonyl (C=O) groups excluding carboxylic acids is 1. The summed E-state index contributed by atoms with van der Waals surface area (Å²) in [5, 5.41) is 3.20. The van der Waals surface area contributed by atoms with E-state index in [1.165, 1.54) is 12.5 Å². The molecule has 18 heavy (non-hydrogen) atoms. The summed E-state index contributed by atoms with van der Waals surface area (Å²) in [6.07, 6.45) is 4.61. The Balaban J connectivity index is 2.21. The van der Waals surface area contributed by atoms with Gasteiger partial charge in [0.2, 0.25) is 0 Å². The minimum absolute atomic E-state index is 0.0549. The number of rotatable bonds is 2. The van der Waals surface area contributed by atoms with Crippen molar-refractivity contribution in [3.8, 4) is 0 Å². The van der Waals surface area contributed by atoms with Crippen molar-refractivity contribution in [1.82, 2.24) is 10.3 Å². The van der Waals surface area contributed by atoms with E-state index >= 15 is 0 Å². The van der Waals surface area contributed by atoms with Gasteiger partial charge in [-0.15, -0.1) is 0 Å². The number of amidine groups is 1. The van der Waals surface area contributed by atoms with Gasteiger partial charge in [0.25, 0.3) is 5.91 Å². The topological polar surface area (TPSA) is 86.9 Å². The quantitative estimate of drug-likeness (QED) is 0.841. The molecule has 1 amide bonds. The van der Waals surface area contributed by atoms with Crippen molar-refractivity contribution in [2.75, 3.05) is 12.8 Å². The molecule has 6 nitrogen and oxygen atoms in total. The molecule has 2 rings (SSSR count). The van der Waals surface area contributed by atoms with Crippen LogP contribution in [-0.4, -0.2) is 34.1 Å². The summed E-state index contributed by atoms with van der Waals surface area (Å²) >= 11 is 0. The van der Waals surface area contributed by atoms with Gasteiger partial charge in [0.1, 0.15) is 0 Å². The minimum Gasteiger partial charge on any atom is -0.365 e. The molecular weight excluding hydrogens is 252 g/mol. The molecule has 0 saturated heterocycles. The summed E-state index contributed by atoms with van der Waals surface area (Å²) in [6.45, 7) is 2.53. The zero-order chi connectivity index (χ0) is 13.1. The Morgan fingerprint density at radius 3 is 3.00 bits per heavy atom. The Kier molecular flexibility index (Phi) is 3.83. The Morgan fingerprint density at radius 1 is 1.61 bits per heavy atom. The Hall–Kier alpha value is -1.60. The molecule has 2 unspecified atom stereocenters. The number of nitrogens with one attached hydrogen (secondary N) is 1. The third kappa shape index (κ3) is 2.99. The maximum absolute atomic E-state index is 11.7. The van der Waals surface area contributed by atoms with Crippen LogP contribution in [0.3, 0.4) is 0 Å². The van der Waals surface area contributed by atoms with Gasteiger partial charge in [-0.3, -0.25) is 14.8 Å². The first kappa shape index (κ1) is 12.8. The molecule has 96 valence electrons. The van der Waals surface area contributed by atoms with E-state index in [2.05, 4.69) is 19.7 Å². The number of aliphatic imine (C=N–C) groups is 1. The largest absolute Gasteiger partial charge is 0.365 e. The van der Waals surface area contributed by atoms with Crippen molar-refractivity contribution in [1.29, 1.82) is 0 Å². The van der Waals surface area contributed by atoms with Gasteiger partial charge < -0.3 is 9.87 Å². The summed E-state index contributed by atoms with van der Waals surface area (Å²) in [6, 6.07) is 1.79. The molecule has 2 atom stereocenters. The van der Waals surface area contributed by atoms with E-state index in [1.807, 2.05) is 6.92 Å². The van der Waals surface area contributed by atoms with E-state index in [0.717, 1.165) is 11.4 Å². The first-order valence-electron chi connectivity index (χ1n) is 5.40. The molecule has 2 N–H and O–H groups in total. The van der Waals surface area contributed by atoms with E-state index in [1.54, 1.807) is 12.3 Å². The van der Waals surface area contributed by atoms with Crippen molar-refractivity contribution >= 4 is 22.7 Å². The molecule has 1 aliphatic heterocycles. The molecular formula is C11H14N4O2S. The Morgan fingerprint density at radius 2 is 2.39 bits per heavy atom. The van der Waals surface area contributed by atoms with Gasteiger partial charge >= 0.3 is 0 Å². The second-order valence-corrected chi connectivity index (χ2v) is 5.05. The summed E-state index contributed by atoms with van der Waals surface area (Å²) < 4.78 is 12.7. The van der Waals surface area contributed by atoms with Crippen molar-refractivity contribution < 1.29 is 9.35 Å². The predicted molar refractivity (Wildman–Crippen MR) is 70.8 cm³/mol. The van der Waals surface area contributed by atoms with Crippen LogP contribution in [0.1, 0.15) is 28.9 Å². The van der Waals surface area contributed by atoms with Crippen LogP contribution in [0.5, 0.6) is 0 Å². The second-order valence-electron chi connectivity index (χ2n) is 3.97. The first-order chi connectivity index (χ1) is 8.56. The van der Waals surface area contributed by atoms with E-state index in [0.29, 0.717) is 12.1 Å². The van der Waals surface area contributed by atoms with Crippen molar-refractivity contribution in [3.63, 3.8) is 0 Å². The van der Waals surface area contributed by atoms with Gasteiger partial charge in [-0.25, -0.2) is 0 Å². The highest BCUT2D eigenvalue weighted by Crippen LogP contribution is 2.17. The van der Waals surface area contributed by atoms with E-state index in [9.17, 15) is 4.79 Å². The SMILES string of the molecule is CC1=NCC(c2cncc(C(=O)N=S(C)O)c2)N1. The van der Waals surface area contributed by atoms with Crippen LogP contribution >= 0.6 is 0 Å². The third-order valence-corrected chi connectivity index (χ3v) is 2.95. The molecule has 2 heterocycles. The van der Waals surface area contributed by atoms with Crippen LogP contribution in [0, 0.1) is 0 Å². The van der Waals surface area contributed by atoms with Crippen LogP contribution in [-0.2, 0) is 11.0 Å². The summed E-state index contributed by atoms with van der Waals surface area (Å²) in [5.74, 6) is 0.431. The molecule has 0 bridgehead atoms. The maximum Gasteiger partial charge on any atom is 0.286 e. The highest BCUT2D eigenvalue weighted by molar-refractivity contribution is 7.81. The zero-order valence-electron chi connectivity index (χ0n) is 10.1. The van der Waals surface area contributed by atoms with Gasteiger partial charge in [0.15, 0.2) is 0 Å². The fraction of sp³-hybridized carbons (Fsp3) is 0.364. The Bertz CT molecular complexity index is 538. The molecule has 0 aliphatic carbocycles. The number of pyridine rings is 1. The van der Waals surface area contributed by atoms with Gasteiger partial charge in [0.05, 0.1) is 24.0 Å². The predicted octanol–water partition coefficient (Wildman–Crippen LogP) is 1.19. The standard InChI is InChI=1S/C11H14N4O2S/c1-7-13-6-10(14-7)8-3-9(5-12-4-8)11(16)15-18(2)17/h3-5,10H,6H2,1-2H3,(H,13,14)(H,15,16,17). The monoisotopic (exact) mass is 266 g/mol. The second kappa shape index (κ2) is 5.36. The van der Waals surface area contributed by atoms with Crippen molar-refractivity contribution in [2.24, 2.45) is 9.36 Å². The van der Waals surface area contributed by atoms with Gasteiger partial charge in [-0.05, 0) is 18.6 Å². The van der Waals surface area contributed by atoms with E-state index < -0.39 is 16.9 Å². The first-order valence-corrected chi connectivity index (χ1v) is 6.94. The summed E-state index contributed by atoms with van der Waals surface area (Å²) in [4.78, 5) is 20.0.